The van der Waals surface area contributed by atoms with Crippen molar-refractivity contribution in [3.63, 3.8) is 0 Å². The number of aromatic amines is 2. The Morgan fingerprint density at radius 3 is 1.28 bits per heavy atom. The molecule has 0 bridgehead atoms. The number of methoxy groups -OCH3 is 2. The molecule has 8 rings (SSSR count). The Balaban J connectivity index is 0.770. The predicted octanol–water partition coefficient (Wildman–Crippen LogP) is 7.74. The van der Waals surface area contributed by atoms with Crippen LogP contribution >= 0.6 is 0 Å². The molecule has 0 atom stereocenters. The van der Waals surface area contributed by atoms with Gasteiger partial charge in [0.1, 0.15) is 23.0 Å². The molecule has 8 aromatic rings. The van der Waals surface area contributed by atoms with Gasteiger partial charge < -0.3 is 34.3 Å². The van der Waals surface area contributed by atoms with Crippen LogP contribution in [0.3, 0.4) is 0 Å². The number of fused-ring (bicyclic) bond motifs is 2. The van der Waals surface area contributed by atoms with Crippen LogP contribution in [0.5, 0.6) is 0 Å². The van der Waals surface area contributed by atoms with Crippen LogP contribution in [-0.2, 0) is 23.7 Å². The number of esters is 2. The number of carbonyl (C=O) groups excluding carboxylic acids is 4. The Bertz CT molecular complexity index is 2970. The molecule has 0 aliphatic carbocycles. The summed E-state index contributed by atoms with van der Waals surface area (Å²) in [5.74, 6) is -3.93. The average Bonchev–Trinajstić information content (AvgIpc) is 4.04. The smallest absolute Gasteiger partial charge is 0.340 e. The monoisotopic (exact) mass is 966 g/mol. The topological polar surface area (TPSA) is 222 Å². The van der Waals surface area contributed by atoms with E-state index in [2.05, 4.69) is 41.0 Å². The molecule has 0 unspecified atom stereocenters. The molecule has 0 aliphatic heterocycles. The first-order valence-electron chi connectivity index (χ1n) is 22.6. The summed E-state index contributed by atoms with van der Waals surface area (Å²) in [5, 5.41) is 21.7. The normalized spacial score (nSPS) is 11.2. The highest BCUT2D eigenvalue weighted by atomic mass is 19.1. The quantitative estimate of drug-likeness (QED) is 0.0378. The molecule has 0 fully saturated rings. The molecule has 19 heteroatoms. The average molecular weight is 967 g/mol. The maximum atomic E-state index is 14.5. The molecule has 0 saturated carbocycles. The number of halogens is 2. The molecular formula is C52H48F2N8O9. The minimum absolute atomic E-state index is 0.262. The number of aromatic nitrogens is 6. The zero-order valence-corrected chi connectivity index (χ0v) is 38.7. The van der Waals surface area contributed by atoms with Crippen LogP contribution in [0.15, 0.2) is 109 Å². The van der Waals surface area contributed by atoms with Crippen LogP contribution in [0.4, 0.5) is 8.78 Å². The van der Waals surface area contributed by atoms with Gasteiger partial charge in [-0.3, -0.25) is 19.8 Å². The molecule has 4 heterocycles. The summed E-state index contributed by atoms with van der Waals surface area (Å²) in [6, 6.07) is 29.8. The van der Waals surface area contributed by atoms with E-state index in [1.807, 2.05) is 60.7 Å². The van der Waals surface area contributed by atoms with Crippen LogP contribution in [0.2, 0.25) is 0 Å². The second-order valence-corrected chi connectivity index (χ2v) is 15.9. The van der Waals surface area contributed by atoms with E-state index in [4.69, 9.17) is 23.7 Å². The number of ether oxygens (including phenoxy) is 5. The van der Waals surface area contributed by atoms with Gasteiger partial charge in [-0.15, -0.1) is 0 Å². The van der Waals surface area contributed by atoms with E-state index in [1.54, 1.807) is 12.1 Å². The van der Waals surface area contributed by atoms with Crippen molar-refractivity contribution < 1.29 is 51.6 Å². The minimum Gasteiger partial charge on any atom is -0.465 e. The van der Waals surface area contributed by atoms with E-state index in [1.165, 1.54) is 38.5 Å². The molecule has 0 saturated heterocycles. The highest BCUT2D eigenvalue weighted by Crippen LogP contribution is 2.34. The largest absolute Gasteiger partial charge is 0.465 e. The molecule has 364 valence electrons. The van der Waals surface area contributed by atoms with E-state index < -0.39 is 23.6 Å². The SMILES string of the molecule is COC(=O)c1cc(-c2cc(C(=O)NCCCOCCOCCOCCCNC(=O)c3cc(-c4ccc(F)c(C(=O)OC)c4)nc4[nH]nc(-c5ccccc5)c34)c3c(-c4ccccc4)n[nH]c3n2)ccc1F. The molecule has 17 nitrogen and oxygen atoms in total. The molecule has 0 radical (unpaired) electrons. The molecule has 0 aliphatic rings. The van der Waals surface area contributed by atoms with Gasteiger partial charge in [-0.25, -0.2) is 28.3 Å². The number of carbonyl (C=O) groups is 4. The minimum atomic E-state index is -0.840. The van der Waals surface area contributed by atoms with Crippen LogP contribution in [0.1, 0.15) is 54.3 Å². The number of pyridine rings is 2. The number of hydrogen-bond donors (Lipinski definition) is 4. The lowest BCUT2D eigenvalue weighted by atomic mass is 10.0. The number of benzene rings is 4. The first-order valence-corrected chi connectivity index (χ1v) is 22.6. The molecule has 0 spiro atoms. The maximum Gasteiger partial charge on any atom is 0.340 e. The lowest BCUT2D eigenvalue weighted by Crippen LogP contribution is -2.26. The number of nitrogens with one attached hydrogen (secondary N) is 4. The summed E-state index contributed by atoms with van der Waals surface area (Å²) in [7, 11) is 2.33. The van der Waals surface area contributed by atoms with Gasteiger partial charge in [0.2, 0.25) is 0 Å². The third-order valence-corrected chi connectivity index (χ3v) is 11.2. The molecular weight excluding hydrogens is 919 g/mol. The van der Waals surface area contributed by atoms with E-state index in [9.17, 15) is 28.0 Å². The fourth-order valence-corrected chi connectivity index (χ4v) is 7.71. The summed E-state index contributed by atoms with van der Waals surface area (Å²) in [4.78, 5) is 61.3. The van der Waals surface area contributed by atoms with Gasteiger partial charge in [-0.2, -0.15) is 10.2 Å². The summed E-state index contributed by atoms with van der Waals surface area (Å²) < 4.78 is 55.5. The summed E-state index contributed by atoms with van der Waals surface area (Å²) in [5.41, 5.74) is 4.81. The van der Waals surface area contributed by atoms with Crippen molar-refractivity contribution in [3.05, 3.63) is 143 Å². The molecule has 2 amide bonds. The Labute approximate surface area is 405 Å². The number of hydrogen-bond acceptors (Lipinski definition) is 13. The lowest BCUT2D eigenvalue weighted by Gasteiger charge is -2.11. The van der Waals surface area contributed by atoms with Crippen molar-refractivity contribution >= 4 is 45.8 Å². The van der Waals surface area contributed by atoms with Gasteiger partial charge >= 0.3 is 11.9 Å². The van der Waals surface area contributed by atoms with Crippen LogP contribution in [-0.4, -0.2) is 121 Å². The zero-order valence-electron chi connectivity index (χ0n) is 38.7. The highest BCUT2D eigenvalue weighted by molar-refractivity contribution is 6.12. The van der Waals surface area contributed by atoms with Gasteiger partial charge in [0.25, 0.3) is 11.8 Å². The number of nitrogens with zero attached hydrogens (tertiary/aromatic N) is 4. The van der Waals surface area contributed by atoms with Gasteiger partial charge in [-0.05, 0) is 61.4 Å². The van der Waals surface area contributed by atoms with E-state index in [0.29, 0.717) is 133 Å². The first kappa shape index (κ1) is 49.2. The summed E-state index contributed by atoms with van der Waals surface area (Å²) in [6.07, 6.45) is 1.03. The van der Waals surface area contributed by atoms with E-state index in [0.717, 1.165) is 23.3 Å². The first-order chi connectivity index (χ1) is 34.6. The van der Waals surface area contributed by atoms with Crippen molar-refractivity contribution in [2.45, 2.75) is 12.8 Å². The maximum absolute atomic E-state index is 14.5. The second kappa shape index (κ2) is 23.4. The van der Waals surface area contributed by atoms with Gasteiger partial charge in [0, 0.05) is 48.6 Å². The lowest BCUT2D eigenvalue weighted by molar-refractivity contribution is 0.0139. The standard InChI is InChI=1S/C52H48F2N8O9/c1-67-51(65)35-27-33(15-17-39(35)53)41-29-37(43-45(59-61-47(43)57-41)31-11-5-3-6-12-31)49(63)55-19-9-21-69-23-25-71-26-24-70-22-10-20-56-50(64)38-30-42(34-16-18-40(54)36(28-34)52(66)68-2)58-48-44(38)46(60-62-48)32-13-7-4-8-14-32/h3-8,11-18,27-30H,9-10,19-26H2,1-2H3,(H,55,63)(H,56,64)(H,57,59,61)(H,58,60,62). The van der Waals surface area contributed by atoms with Crippen LogP contribution in [0.25, 0.3) is 67.1 Å². The number of rotatable bonds is 22. The van der Waals surface area contributed by atoms with Crippen molar-refractivity contribution in [1.29, 1.82) is 0 Å². The third-order valence-electron chi connectivity index (χ3n) is 11.2. The van der Waals surface area contributed by atoms with Crippen molar-refractivity contribution in [2.24, 2.45) is 0 Å². The molecule has 4 aromatic carbocycles. The Morgan fingerprint density at radius 2 is 0.887 bits per heavy atom. The van der Waals surface area contributed by atoms with Gasteiger partial charge in [0.15, 0.2) is 11.3 Å². The van der Waals surface area contributed by atoms with Gasteiger partial charge in [0.05, 0.1) is 85.1 Å². The van der Waals surface area contributed by atoms with E-state index in [-0.39, 0.29) is 22.9 Å². The third kappa shape index (κ3) is 11.6. The van der Waals surface area contributed by atoms with Crippen molar-refractivity contribution in [3.8, 4) is 45.0 Å². The predicted molar refractivity (Wildman–Crippen MR) is 258 cm³/mol. The molecule has 4 aromatic heterocycles. The number of amides is 2. The Kier molecular flexibility index (Phi) is 16.2. The van der Waals surface area contributed by atoms with Crippen molar-refractivity contribution in [2.75, 3.05) is 67.0 Å². The zero-order chi connectivity index (χ0) is 49.7. The second-order valence-electron chi connectivity index (χ2n) is 15.9. The summed E-state index contributed by atoms with van der Waals surface area (Å²) >= 11 is 0. The Hall–Kier alpha value is -8.26. The summed E-state index contributed by atoms with van der Waals surface area (Å²) in [6.45, 7) is 2.64. The van der Waals surface area contributed by atoms with Crippen molar-refractivity contribution in [1.82, 2.24) is 41.0 Å². The molecule has 4 N–H and O–H groups in total. The highest BCUT2D eigenvalue weighted by Gasteiger charge is 2.24. The fourth-order valence-electron chi connectivity index (χ4n) is 7.71. The van der Waals surface area contributed by atoms with Gasteiger partial charge in [-0.1, -0.05) is 60.7 Å². The van der Waals surface area contributed by atoms with E-state index >= 15 is 0 Å². The number of H-pyrrole nitrogens is 2. The Morgan fingerprint density at radius 1 is 0.493 bits per heavy atom. The van der Waals surface area contributed by atoms with Crippen LogP contribution < -0.4 is 10.6 Å². The fraction of sp³-hybridized carbons (Fsp3) is 0.231. The molecule has 71 heavy (non-hydrogen) atoms. The van der Waals surface area contributed by atoms with Crippen LogP contribution in [0, 0.1) is 11.6 Å².